The lowest BCUT2D eigenvalue weighted by atomic mass is 9.89. The van der Waals surface area contributed by atoms with E-state index in [1.807, 2.05) is 0 Å². The van der Waals surface area contributed by atoms with Crippen LogP contribution in [0.3, 0.4) is 0 Å². The number of hydrogen-bond donors (Lipinski definition) is 0. The summed E-state index contributed by atoms with van der Waals surface area (Å²) in [5, 5.41) is 27.2. The molecule has 7 heteroatoms. The first-order chi connectivity index (χ1) is 11.2. The van der Waals surface area contributed by atoms with Gasteiger partial charge in [0.1, 0.15) is 0 Å². The second-order valence-electron chi connectivity index (χ2n) is 5.16. The molecule has 0 saturated carbocycles. The third-order valence-corrected chi connectivity index (χ3v) is 3.58. The molecule has 2 atom stereocenters. The van der Waals surface area contributed by atoms with Gasteiger partial charge in [-0.3, -0.25) is 0 Å². The highest BCUT2D eigenvalue weighted by Crippen LogP contribution is 2.22. The van der Waals surface area contributed by atoms with Crippen LogP contribution in [0, 0.1) is 51.7 Å². The highest BCUT2D eigenvalue weighted by atomic mass is 16.1. The Kier molecular flexibility index (Phi) is 12.5. The Balaban J connectivity index is 4.21. The fourth-order valence-corrected chi connectivity index (χ4v) is 2.16. The first-order valence-electron chi connectivity index (χ1n) is 7.47. The van der Waals surface area contributed by atoms with Crippen molar-refractivity contribution < 1.29 is 9.59 Å². The monoisotopic (exact) mass is 313 g/mol. The quantitative estimate of drug-likeness (QED) is 0.403. The van der Waals surface area contributed by atoms with Crippen LogP contribution in [0.1, 0.15) is 38.5 Å². The van der Waals surface area contributed by atoms with E-state index >= 15 is 0 Å². The van der Waals surface area contributed by atoms with E-state index in [0.29, 0.717) is 38.5 Å². The maximum absolute atomic E-state index is 9.99. The minimum Gasteiger partial charge on any atom is -0.211 e. The van der Waals surface area contributed by atoms with Crippen LogP contribution in [0.15, 0.2) is 9.98 Å². The van der Waals surface area contributed by atoms with Crippen LogP contribution in [0.25, 0.3) is 0 Å². The Hall–Kier alpha value is -2.77. The molecular weight excluding hydrogens is 294 g/mol. The van der Waals surface area contributed by atoms with Gasteiger partial charge in [0.05, 0.1) is 31.3 Å². The highest BCUT2D eigenvalue weighted by molar-refractivity contribution is 5.32. The molecule has 0 aromatic carbocycles. The van der Waals surface area contributed by atoms with E-state index in [1.165, 1.54) is 12.2 Å². The number of isocyanates is 2. The molecule has 0 heterocycles. The van der Waals surface area contributed by atoms with E-state index in [4.69, 9.17) is 15.8 Å². The number of hydrogen-bond acceptors (Lipinski definition) is 7. The molecule has 0 amide bonds. The summed E-state index contributed by atoms with van der Waals surface area (Å²) >= 11 is 0. The molecule has 120 valence electrons. The summed E-state index contributed by atoms with van der Waals surface area (Å²) in [5.41, 5.74) is 0. The first-order valence-corrected chi connectivity index (χ1v) is 7.47. The molecule has 0 aliphatic carbocycles. The highest BCUT2D eigenvalue weighted by Gasteiger charge is 2.15. The van der Waals surface area contributed by atoms with E-state index < -0.39 is 0 Å². The van der Waals surface area contributed by atoms with Crippen molar-refractivity contribution in [1.29, 1.82) is 15.8 Å². The maximum atomic E-state index is 9.99. The molecule has 0 aromatic heterocycles. The lowest BCUT2D eigenvalue weighted by Gasteiger charge is -2.13. The van der Waals surface area contributed by atoms with Crippen molar-refractivity contribution in [3.05, 3.63) is 0 Å². The maximum Gasteiger partial charge on any atom is 0.234 e. The van der Waals surface area contributed by atoms with Crippen molar-refractivity contribution in [2.75, 3.05) is 13.1 Å². The molecule has 0 aromatic rings. The Labute approximate surface area is 136 Å². The number of nitrogens with zero attached hydrogens (tertiary/aromatic N) is 5. The lowest BCUT2D eigenvalue weighted by Crippen LogP contribution is -2.07. The van der Waals surface area contributed by atoms with Crippen molar-refractivity contribution in [3.8, 4) is 18.2 Å². The van der Waals surface area contributed by atoms with Crippen LogP contribution in [0.2, 0.25) is 0 Å². The summed E-state index contributed by atoms with van der Waals surface area (Å²) in [7, 11) is 0. The molecule has 0 N–H and O–H groups in total. The second kappa shape index (κ2) is 14.2. The topological polar surface area (TPSA) is 130 Å². The predicted molar refractivity (Wildman–Crippen MR) is 81.0 cm³/mol. The van der Waals surface area contributed by atoms with Gasteiger partial charge in [0.25, 0.3) is 0 Å². The summed E-state index contributed by atoms with van der Waals surface area (Å²) in [5.74, 6) is -0.695. The summed E-state index contributed by atoms with van der Waals surface area (Å²) in [4.78, 5) is 26.8. The summed E-state index contributed by atoms with van der Waals surface area (Å²) in [6.07, 6.45) is 6.11. The van der Waals surface area contributed by atoms with Crippen LogP contribution in [-0.4, -0.2) is 25.2 Å². The van der Waals surface area contributed by atoms with Gasteiger partial charge in [-0.2, -0.15) is 15.8 Å². The standard InChI is InChI=1S/C16H19N5O2/c17-9-14(1-3-15(10-18)5-7-20-12-22)2-4-16(11-19)6-8-21-13-23/h14-16H,1-8H2. The van der Waals surface area contributed by atoms with Gasteiger partial charge in [-0.15, -0.1) is 0 Å². The first kappa shape index (κ1) is 20.2. The average molecular weight is 313 g/mol. The Morgan fingerprint density at radius 1 is 0.609 bits per heavy atom. The van der Waals surface area contributed by atoms with E-state index in [1.54, 1.807) is 0 Å². The zero-order chi connectivity index (χ0) is 17.3. The van der Waals surface area contributed by atoms with E-state index in [2.05, 4.69) is 28.2 Å². The molecule has 0 fully saturated rings. The van der Waals surface area contributed by atoms with Crippen molar-refractivity contribution >= 4 is 12.2 Å². The molecule has 0 saturated heterocycles. The second-order valence-corrected chi connectivity index (χ2v) is 5.16. The van der Waals surface area contributed by atoms with Crippen LogP contribution in [0.5, 0.6) is 0 Å². The zero-order valence-electron chi connectivity index (χ0n) is 12.9. The van der Waals surface area contributed by atoms with Gasteiger partial charge in [0, 0.05) is 17.8 Å². The Bertz CT molecular complexity index is 512. The minimum atomic E-state index is -0.239. The number of carbonyl (C=O) groups excluding carboxylic acids is 2. The summed E-state index contributed by atoms with van der Waals surface area (Å²) in [6.45, 7) is 0.541. The Morgan fingerprint density at radius 2 is 0.913 bits per heavy atom. The molecule has 0 aliphatic heterocycles. The molecule has 23 heavy (non-hydrogen) atoms. The van der Waals surface area contributed by atoms with Gasteiger partial charge >= 0.3 is 0 Å². The summed E-state index contributed by atoms with van der Waals surface area (Å²) < 4.78 is 0. The fraction of sp³-hybridized carbons (Fsp3) is 0.688. The van der Waals surface area contributed by atoms with E-state index in [9.17, 15) is 9.59 Å². The normalized spacial score (nSPS) is 13.1. The van der Waals surface area contributed by atoms with Crippen LogP contribution >= 0.6 is 0 Å². The molecule has 0 bridgehead atoms. The smallest absolute Gasteiger partial charge is 0.211 e. The van der Waals surface area contributed by atoms with Gasteiger partial charge < -0.3 is 0 Å². The van der Waals surface area contributed by atoms with Gasteiger partial charge in [0.2, 0.25) is 12.2 Å². The molecular formula is C16H19N5O2. The average Bonchev–Trinajstić information content (AvgIpc) is 2.58. The predicted octanol–water partition coefficient (Wildman–Crippen LogP) is 2.42. The largest absolute Gasteiger partial charge is 0.234 e. The SMILES string of the molecule is N#CC(CCN=C=O)CCC(C#N)CCC(C#N)CCN=C=O. The Morgan fingerprint density at radius 3 is 1.17 bits per heavy atom. The summed E-state index contributed by atoms with van der Waals surface area (Å²) in [6, 6.07) is 6.51. The zero-order valence-corrected chi connectivity index (χ0v) is 12.9. The number of aliphatic imine (C=N–C) groups is 2. The molecule has 7 nitrogen and oxygen atoms in total. The van der Waals surface area contributed by atoms with Gasteiger partial charge in [-0.25, -0.2) is 19.6 Å². The molecule has 0 radical (unpaired) electrons. The van der Waals surface area contributed by atoms with Crippen molar-refractivity contribution in [2.24, 2.45) is 27.7 Å². The third-order valence-electron chi connectivity index (χ3n) is 3.58. The third kappa shape index (κ3) is 10.6. The van der Waals surface area contributed by atoms with Crippen LogP contribution in [-0.2, 0) is 9.59 Å². The van der Waals surface area contributed by atoms with Gasteiger partial charge in [-0.05, 0) is 38.5 Å². The fourth-order valence-electron chi connectivity index (χ4n) is 2.16. The minimum absolute atomic E-state index is 0.217. The van der Waals surface area contributed by atoms with E-state index in [-0.39, 0.29) is 30.8 Å². The van der Waals surface area contributed by atoms with Crippen molar-refractivity contribution in [1.82, 2.24) is 0 Å². The molecule has 2 unspecified atom stereocenters. The van der Waals surface area contributed by atoms with Crippen LogP contribution < -0.4 is 0 Å². The van der Waals surface area contributed by atoms with Gasteiger partial charge in [-0.1, -0.05) is 0 Å². The lowest BCUT2D eigenvalue weighted by molar-refractivity contribution is 0.426. The number of rotatable bonds is 12. The van der Waals surface area contributed by atoms with Gasteiger partial charge in [0.15, 0.2) is 0 Å². The number of nitriles is 3. The molecule has 0 spiro atoms. The van der Waals surface area contributed by atoms with Crippen molar-refractivity contribution in [3.63, 3.8) is 0 Å². The van der Waals surface area contributed by atoms with E-state index in [0.717, 1.165) is 0 Å². The molecule has 0 aliphatic rings. The van der Waals surface area contributed by atoms with Crippen molar-refractivity contribution in [2.45, 2.75) is 38.5 Å². The molecule has 0 rings (SSSR count). The van der Waals surface area contributed by atoms with Crippen LogP contribution in [0.4, 0.5) is 0 Å².